The second-order valence-corrected chi connectivity index (χ2v) is 3.55. The van der Waals surface area contributed by atoms with E-state index in [2.05, 4.69) is 5.32 Å². The normalized spacial score (nSPS) is 9.83. The van der Waals surface area contributed by atoms with Crippen molar-refractivity contribution in [3.8, 4) is 5.75 Å². The summed E-state index contributed by atoms with van der Waals surface area (Å²) >= 11 is 0. The predicted molar refractivity (Wildman–Crippen MR) is 61.8 cm³/mol. The van der Waals surface area contributed by atoms with Crippen LogP contribution in [0.4, 0.5) is 4.39 Å². The van der Waals surface area contributed by atoms with Crippen LogP contribution in [0, 0.1) is 5.82 Å². The molecule has 0 unspecified atom stereocenters. The van der Waals surface area contributed by atoms with Gasteiger partial charge in [0.2, 0.25) is 5.91 Å². The molecule has 0 aliphatic heterocycles. The van der Waals surface area contributed by atoms with Crippen molar-refractivity contribution in [2.75, 3.05) is 13.2 Å². The maximum absolute atomic E-state index is 12.8. The summed E-state index contributed by atoms with van der Waals surface area (Å²) in [5.74, 6) is -1.31. The van der Waals surface area contributed by atoms with Crippen molar-refractivity contribution in [3.05, 3.63) is 30.1 Å². The molecular formula is C12H14FNO4. The smallest absolute Gasteiger partial charge is 0.305 e. The van der Waals surface area contributed by atoms with Gasteiger partial charge in [-0.2, -0.15) is 0 Å². The number of halogens is 1. The van der Waals surface area contributed by atoms with E-state index >= 15 is 0 Å². The highest BCUT2D eigenvalue weighted by Crippen LogP contribution is 2.11. The van der Waals surface area contributed by atoms with Gasteiger partial charge < -0.3 is 15.2 Å². The third-order valence-corrected chi connectivity index (χ3v) is 2.05. The van der Waals surface area contributed by atoms with E-state index in [1.807, 2.05) is 0 Å². The summed E-state index contributed by atoms with van der Waals surface area (Å²) < 4.78 is 17.9. The number of hydrogen-bond donors (Lipinski definition) is 2. The average Bonchev–Trinajstić information content (AvgIpc) is 2.28. The Bertz CT molecular complexity index is 422. The van der Waals surface area contributed by atoms with E-state index in [1.54, 1.807) is 6.07 Å². The van der Waals surface area contributed by atoms with Crippen molar-refractivity contribution in [2.24, 2.45) is 0 Å². The third kappa shape index (κ3) is 5.83. The quantitative estimate of drug-likeness (QED) is 0.767. The molecule has 0 aromatic heterocycles. The standard InChI is InChI=1S/C12H14FNO4/c13-9-2-1-3-10(8-9)18-7-5-11(15)14-6-4-12(16)17/h1-3,8H,4-7H2,(H,14,15)(H,16,17). The number of carboxylic acids is 1. The van der Waals surface area contributed by atoms with Crippen LogP contribution in [-0.4, -0.2) is 30.1 Å². The highest BCUT2D eigenvalue weighted by atomic mass is 19.1. The highest BCUT2D eigenvalue weighted by molar-refractivity contribution is 5.76. The molecule has 0 aliphatic carbocycles. The molecule has 0 radical (unpaired) electrons. The number of benzene rings is 1. The van der Waals surface area contributed by atoms with Crippen LogP contribution in [0.25, 0.3) is 0 Å². The number of rotatable bonds is 7. The topological polar surface area (TPSA) is 75.6 Å². The van der Waals surface area contributed by atoms with Gasteiger partial charge in [0.05, 0.1) is 19.4 Å². The lowest BCUT2D eigenvalue weighted by atomic mass is 10.3. The van der Waals surface area contributed by atoms with E-state index in [0.717, 1.165) is 0 Å². The van der Waals surface area contributed by atoms with Gasteiger partial charge in [0, 0.05) is 12.6 Å². The average molecular weight is 255 g/mol. The third-order valence-electron chi connectivity index (χ3n) is 2.05. The molecule has 0 heterocycles. The van der Waals surface area contributed by atoms with Crippen LogP contribution in [0.2, 0.25) is 0 Å². The molecule has 0 bridgehead atoms. The molecule has 0 saturated heterocycles. The second-order valence-electron chi connectivity index (χ2n) is 3.55. The van der Waals surface area contributed by atoms with Crippen LogP contribution in [0.3, 0.4) is 0 Å². The van der Waals surface area contributed by atoms with Crippen molar-refractivity contribution >= 4 is 11.9 Å². The fraction of sp³-hybridized carbons (Fsp3) is 0.333. The van der Waals surface area contributed by atoms with E-state index in [9.17, 15) is 14.0 Å². The highest BCUT2D eigenvalue weighted by Gasteiger charge is 2.03. The van der Waals surface area contributed by atoms with Crippen LogP contribution >= 0.6 is 0 Å². The fourth-order valence-electron chi connectivity index (χ4n) is 1.22. The predicted octanol–water partition coefficient (Wildman–Crippen LogP) is 1.19. The molecule has 0 saturated carbocycles. The largest absolute Gasteiger partial charge is 0.493 e. The Morgan fingerprint density at radius 1 is 1.33 bits per heavy atom. The molecule has 2 N–H and O–H groups in total. The zero-order valence-corrected chi connectivity index (χ0v) is 9.69. The molecule has 1 aromatic carbocycles. The summed E-state index contributed by atoms with van der Waals surface area (Å²) in [4.78, 5) is 21.4. The monoisotopic (exact) mass is 255 g/mol. The molecule has 1 rings (SSSR count). The van der Waals surface area contributed by atoms with Gasteiger partial charge in [-0.15, -0.1) is 0 Å². The molecule has 0 spiro atoms. The van der Waals surface area contributed by atoms with E-state index in [-0.39, 0.29) is 31.9 Å². The fourth-order valence-corrected chi connectivity index (χ4v) is 1.22. The summed E-state index contributed by atoms with van der Waals surface area (Å²) in [6.07, 6.45) is -0.0212. The number of ether oxygens (including phenoxy) is 1. The summed E-state index contributed by atoms with van der Waals surface area (Å²) in [6, 6.07) is 5.62. The van der Waals surface area contributed by atoms with Crippen molar-refractivity contribution in [1.82, 2.24) is 5.32 Å². The Kier molecular flexibility index (Phi) is 5.63. The van der Waals surface area contributed by atoms with E-state index < -0.39 is 11.8 Å². The van der Waals surface area contributed by atoms with Gasteiger partial charge in [0.15, 0.2) is 0 Å². The Morgan fingerprint density at radius 3 is 2.78 bits per heavy atom. The van der Waals surface area contributed by atoms with Crippen molar-refractivity contribution in [2.45, 2.75) is 12.8 Å². The van der Waals surface area contributed by atoms with E-state index in [1.165, 1.54) is 18.2 Å². The molecule has 0 atom stereocenters. The SMILES string of the molecule is O=C(O)CCNC(=O)CCOc1cccc(F)c1. The maximum Gasteiger partial charge on any atom is 0.305 e. The van der Waals surface area contributed by atoms with Crippen molar-refractivity contribution in [3.63, 3.8) is 0 Å². The van der Waals surface area contributed by atoms with Crippen LogP contribution < -0.4 is 10.1 Å². The first kappa shape index (κ1) is 14.0. The molecule has 0 aliphatic rings. The minimum absolute atomic E-state index is 0.0914. The number of carboxylic acid groups (broad SMARTS) is 1. The van der Waals surface area contributed by atoms with Crippen molar-refractivity contribution in [1.29, 1.82) is 0 Å². The van der Waals surface area contributed by atoms with Gasteiger partial charge in [-0.25, -0.2) is 4.39 Å². The second kappa shape index (κ2) is 7.26. The first-order valence-electron chi connectivity index (χ1n) is 5.45. The molecule has 98 valence electrons. The molecule has 18 heavy (non-hydrogen) atoms. The number of hydrogen-bond acceptors (Lipinski definition) is 3. The van der Waals surface area contributed by atoms with Crippen LogP contribution in [0.15, 0.2) is 24.3 Å². The number of nitrogens with one attached hydrogen (secondary N) is 1. The molecule has 5 nitrogen and oxygen atoms in total. The van der Waals surface area contributed by atoms with Crippen LogP contribution in [-0.2, 0) is 9.59 Å². The lowest BCUT2D eigenvalue weighted by Gasteiger charge is -2.06. The van der Waals surface area contributed by atoms with Gasteiger partial charge in [-0.3, -0.25) is 9.59 Å². The minimum atomic E-state index is -0.966. The lowest BCUT2D eigenvalue weighted by molar-refractivity contribution is -0.136. The zero-order valence-electron chi connectivity index (χ0n) is 9.69. The van der Waals surface area contributed by atoms with Crippen LogP contribution in [0.5, 0.6) is 5.75 Å². The summed E-state index contributed by atoms with van der Waals surface area (Å²) in [5, 5.41) is 10.8. The van der Waals surface area contributed by atoms with Gasteiger partial charge in [0.25, 0.3) is 0 Å². The molecule has 1 aromatic rings. The molecule has 6 heteroatoms. The van der Waals surface area contributed by atoms with E-state index in [0.29, 0.717) is 5.75 Å². The Labute approximate surface area is 104 Å². The van der Waals surface area contributed by atoms with Crippen molar-refractivity contribution < 1.29 is 23.8 Å². The molecule has 1 amide bonds. The lowest BCUT2D eigenvalue weighted by Crippen LogP contribution is -2.27. The first-order chi connectivity index (χ1) is 8.58. The zero-order chi connectivity index (χ0) is 13.4. The molecule has 0 fully saturated rings. The van der Waals surface area contributed by atoms with Gasteiger partial charge in [0.1, 0.15) is 11.6 Å². The number of amides is 1. The molecular weight excluding hydrogens is 241 g/mol. The Hall–Kier alpha value is -2.11. The first-order valence-corrected chi connectivity index (χ1v) is 5.45. The summed E-state index contributed by atoms with van der Waals surface area (Å²) in [5.41, 5.74) is 0. The Morgan fingerprint density at radius 2 is 2.11 bits per heavy atom. The summed E-state index contributed by atoms with van der Waals surface area (Å²) in [6.45, 7) is 0.205. The van der Waals surface area contributed by atoms with E-state index in [4.69, 9.17) is 9.84 Å². The van der Waals surface area contributed by atoms with Gasteiger partial charge in [-0.1, -0.05) is 6.07 Å². The number of carbonyl (C=O) groups is 2. The summed E-state index contributed by atoms with van der Waals surface area (Å²) in [7, 11) is 0. The number of aliphatic carboxylic acids is 1. The Balaban J connectivity index is 2.17. The maximum atomic E-state index is 12.8. The minimum Gasteiger partial charge on any atom is -0.493 e. The van der Waals surface area contributed by atoms with Gasteiger partial charge in [-0.05, 0) is 12.1 Å². The van der Waals surface area contributed by atoms with Crippen LogP contribution in [0.1, 0.15) is 12.8 Å². The number of carbonyl (C=O) groups excluding carboxylic acids is 1. The van der Waals surface area contributed by atoms with Gasteiger partial charge >= 0.3 is 5.97 Å².